The Kier molecular flexibility index (Phi) is 1.94. The highest BCUT2D eigenvalue weighted by Gasteiger charge is 2.20. The molecule has 1 heterocycles. The molecule has 1 unspecified atom stereocenters. The topological polar surface area (TPSA) is 9.23 Å². The normalized spacial score (nSPS) is 20.7. The van der Waals surface area contributed by atoms with E-state index in [4.69, 9.17) is 4.74 Å². The molecule has 0 saturated carbocycles. The Hall–Kier alpha value is -1.12. The monoisotopic (exact) mass is 184 g/mol. The van der Waals surface area contributed by atoms with Gasteiger partial charge in [0.25, 0.3) is 0 Å². The molecule has 1 nitrogen and oxygen atoms in total. The molecule has 1 aromatic carbocycles. The van der Waals surface area contributed by atoms with Crippen molar-refractivity contribution in [3.8, 4) is 5.75 Å². The zero-order valence-corrected chi connectivity index (χ0v) is 7.31. The van der Waals surface area contributed by atoms with Crippen LogP contribution in [0.25, 0.3) is 0 Å². The molecule has 0 fully saturated rings. The number of rotatable bonds is 0. The Morgan fingerprint density at radius 1 is 1.38 bits per heavy atom. The van der Waals surface area contributed by atoms with Crippen LogP contribution < -0.4 is 4.74 Å². The van der Waals surface area contributed by atoms with E-state index in [-0.39, 0.29) is 5.75 Å². The van der Waals surface area contributed by atoms with E-state index in [1.54, 1.807) is 0 Å². The van der Waals surface area contributed by atoms with Crippen LogP contribution in [0.1, 0.15) is 12.5 Å². The van der Waals surface area contributed by atoms with E-state index < -0.39 is 11.6 Å². The number of halogens is 2. The van der Waals surface area contributed by atoms with Crippen LogP contribution in [0.2, 0.25) is 0 Å². The van der Waals surface area contributed by atoms with Gasteiger partial charge in [-0.25, -0.2) is 8.78 Å². The summed E-state index contributed by atoms with van der Waals surface area (Å²) in [6, 6.07) is 2.20. The van der Waals surface area contributed by atoms with Gasteiger partial charge in [-0.1, -0.05) is 6.92 Å². The first-order valence-corrected chi connectivity index (χ1v) is 4.27. The highest BCUT2D eigenvalue weighted by molar-refractivity contribution is 5.37. The van der Waals surface area contributed by atoms with Gasteiger partial charge in [-0.2, -0.15) is 0 Å². The summed E-state index contributed by atoms with van der Waals surface area (Å²) in [6.07, 6.45) is 0.685. The van der Waals surface area contributed by atoms with Crippen LogP contribution in [0.15, 0.2) is 12.1 Å². The Balaban J connectivity index is 2.47. The summed E-state index contributed by atoms with van der Waals surface area (Å²) in [5, 5.41) is 0. The Bertz CT molecular complexity index is 336. The zero-order valence-electron chi connectivity index (χ0n) is 7.31. The summed E-state index contributed by atoms with van der Waals surface area (Å²) >= 11 is 0. The van der Waals surface area contributed by atoms with Crippen molar-refractivity contribution in [3.63, 3.8) is 0 Å². The summed E-state index contributed by atoms with van der Waals surface area (Å²) < 4.78 is 31.1. The highest BCUT2D eigenvalue weighted by atomic mass is 19.1. The molecule has 0 aliphatic carbocycles. The average molecular weight is 184 g/mol. The Labute approximate surface area is 75.3 Å². The molecule has 0 aromatic heterocycles. The molecule has 1 aliphatic heterocycles. The van der Waals surface area contributed by atoms with Crippen molar-refractivity contribution in [3.05, 3.63) is 29.3 Å². The second-order valence-electron chi connectivity index (χ2n) is 3.50. The second-order valence-corrected chi connectivity index (χ2v) is 3.50. The fourth-order valence-corrected chi connectivity index (χ4v) is 1.59. The molecular weight excluding hydrogens is 174 g/mol. The van der Waals surface area contributed by atoms with Crippen LogP contribution in [0.3, 0.4) is 0 Å². The molecule has 13 heavy (non-hydrogen) atoms. The van der Waals surface area contributed by atoms with Gasteiger partial charge in [0.05, 0.1) is 6.61 Å². The number of hydrogen-bond acceptors (Lipinski definition) is 1. The predicted molar refractivity (Wildman–Crippen MR) is 44.7 cm³/mol. The second kappa shape index (κ2) is 2.98. The third-order valence-corrected chi connectivity index (χ3v) is 2.17. The van der Waals surface area contributed by atoms with E-state index in [2.05, 4.69) is 0 Å². The minimum absolute atomic E-state index is 0.222. The molecule has 1 atom stereocenters. The van der Waals surface area contributed by atoms with Gasteiger partial charge in [0.2, 0.25) is 0 Å². The molecule has 3 heteroatoms. The third-order valence-electron chi connectivity index (χ3n) is 2.17. The maximum atomic E-state index is 13.1. The van der Waals surface area contributed by atoms with Crippen LogP contribution in [0.4, 0.5) is 8.78 Å². The van der Waals surface area contributed by atoms with Gasteiger partial charge in [0.15, 0.2) is 11.6 Å². The minimum Gasteiger partial charge on any atom is -0.490 e. The van der Waals surface area contributed by atoms with Crippen LogP contribution in [-0.2, 0) is 6.42 Å². The van der Waals surface area contributed by atoms with Gasteiger partial charge in [0.1, 0.15) is 5.82 Å². The number of ether oxygens (including phenoxy) is 1. The van der Waals surface area contributed by atoms with E-state index in [1.807, 2.05) is 6.92 Å². The molecule has 0 radical (unpaired) electrons. The van der Waals surface area contributed by atoms with E-state index in [0.717, 1.165) is 6.07 Å². The zero-order chi connectivity index (χ0) is 9.42. The van der Waals surface area contributed by atoms with Gasteiger partial charge < -0.3 is 4.74 Å². The van der Waals surface area contributed by atoms with Crippen molar-refractivity contribution in [2.24, 2.45) is 5.92 Å². The lowest BCUT2D eigenvalue weighted by atomic mass is 9.98. The van der Waals surface area contributed by atoms with Crippen molar-refractivity contribution >= 4 is 0 Å². The van der Waals surface area contributed by atoms with E-state index >= 15 is 0 Å². The van der Waals surface area contributed by atoms with Crippen molar-refractivity contribution in [1.82, 2.24) is 0 Å². The predicted octanol–water partition coefficient (Wildman–Crippen LogP) is 2.54. The van der Waals surface area contributed by atoms with Gasteiger partial charge in [-0.05, 0) is 18.4 Å². The van der Waals surface area contributed by atoms with Gasteiger partial charge in [-0.3, -0.25) is 0 Å². The van der Waals surface area contributed by atoms with E-state index in [0.29, 0.717) is 24.5 Å². The van der Waals surface area contributed by atoms with Gasteiger partial charge >= 0.3 is 0 Å². The lowest BCUT2D eigenvalue weighted by Crippen LogP contribution is -2.19. The van der Waals surface area contributed by atoms with Crippen molar-refractivity contribution in [1.29, 1.82) is 0 Å². The summed E-state index contributed by atoms with van der Waals surface area (Å²) in [5.41, 5.74) is 0.635. The number of benzene rings is 1. The lowest BCUT2D eigenvalue weighted by molar-refractivity contribution is 0.222. The molecule has 0 bridgehead atoms. The first kappa shape index (κ1) is 8.48. The first-order chi connectivity index (χ1) is 6.16. The molecule has 70 valence electrons. The molecule has 0 amide bonds. The molecule has 0 spiro atoms. The van der Waals surface area contributed by atoms with E-state index in [9.17, 15) is 8.78 Å². The Morgan fingerprint density at radius 2 is 2.15 bits per heavy atom. The first-order valence-electron chi connectivity index (χ1n) is 4.27. The molecule has 1 aliphatic rings. The minimum atomic E-state index is -0.595. The van der Waals surface area contributed by atoms with Crippen LogP contribution in [-0.4, -0.2) is 6.61 Å². The maximum absolute atomic E-state index is 13.1. The van der Waals surface area contributed by atoms with Gasteiger partial charge in [-0.15, -0.1) is 0 Å². The Morgan fingerprint density at radius 3 is 2.92 bits per heavy atom. The maximum Gasteiger partial charge on any atom is 0.168 e. The molecule has 0 saturated heterocycles. The van der Waals surface area contributed by atoms with Crippen molar-refractivity contribution in [2.45, 2.75) is 13.3 Å². The average Bonchev–Trinajstić information content (AvgIpc) is 2.02. The molecule has 2 rings (SSSR count). The standard InChI is InChI=1S/C10H10F2O/c1-6-2-7-3-8(11)4-9(12)10(7)13-5-6/h3-4,6H,2,5H2,1H3. The van der Waals surface area contributed by atoms with Crippen LogP contribution >= 0.6 is 0 Å². The van der Waals surface area contributed by atoms with Crippen molar-refractivity contribution < 1.29 is 13.5 Å². The summed E-state index contributed by atoms with van der Waals surface area (Å²) in [4.78, 5) is 0. The van der Waals surface area contributed by atoms with Gasteiger partial charge in [0, 0.05) is 11.6 Å². The molecule has 1 aromatic rings. The number of hydrogen-bond donors (Lipinski definition) is 0. The lowest BCUT2D eigenvalue weighted by Gasteiger charge is -2.22. The number of fused-ring (bicyclic) bond motifs is 1. The molecular formula is C10H10F2O. The van der Waals surface area contributed by atoms with Crippen LogP contribution in [0.5, 0.6) is 5.75 Å². The summed E-state index contributed by atoms with van der Waals surface area (Å²) in [6.45, 7) is 2.50. The molecule has 0 N–H and O–H groups in total. The third kappa shape index (κ3) is 1.50. The highest BCUT2D eigenvalue weighted by Crippen LogP contribution is 2.30. The summed E-state index contributed by atoms with van der Waals surface area (Å²) in [7, 11) is 0. The summed E-state index contributed by atoms with van der Waals surface area (Å²) in [5.74, 6) is -0.580. The fourth-order valence-electron chi connectivity index (χ4n) is 1.59. The fraction of sp³-hybridized carbons (Fsp3) is 0.400. The SMILES string of the molecule is CC1COc2c(F)cc(F)cc2C1. The van der Waals surface area contributed by atoms with E-state index in [1.165, 1.54) is 6.07 Å². The largest absolute Gasteiger partial charge is 0.490 e. The quantitative estimate of drug-likeness (QED) is 0.602. The van der Waals surface area contributed by atoms with Crippen LogP contribution in [0, 0.1) is 17.6 Å². The smallest absolute Gasteiger partial charge is 0.168 e. The van der Waals surface area contributed by atoms with Crippen molar-refractivity contribution in [2.75, 3.05) is 6.61 Å².